The van der Waals surface area contributed by atoms with Gasteiger partial charge in [-0.1, -0.05) is 98.8 Å². The highest BCUT2D eigenvalue weighted by Crippen LogP contribution is 2.62. The van der Waals surface area contributed by atoms with Gasteiger partial charge in [0.05, 0.1) is 11.4 Å². The lowest BCUT2D eigenvalue weighted by atomic mass is 9.48. The second-order valence-electron chi connectivity index (χ2n) is 22.1. The smallest absolute Gasteiger partial charge is 0.182 e. The molecule has 16 rings (SSSR count). The van der Waals surface area contributed by atoms with E-state index in [0.717, 1.165) is 91.6 Å². The number of rotatable bonds is 6. The van der Waals surface area contributed by atoms with Gasteiger partial charge in [0.15, 0.2) is 17.8 Å². The molecule has 8 bridgehead atoms. The minimum absolute atomic E-state index is 0.0863. The molecule has 0 N–H and O–H groups in total. The molecule has 2 aromatic heterocycles. The number of hydrogen-bond donors (Lipinski definition) is 0. The molecule has 2 heterocycles. The molecule has 5 aromatic carbocycles. The standard InChI is InChI=1S/C58H55N3O/c1-56(2)49-6-4-3-5-46(49)47-16-11-42(25-50(47)56)45-17-18-48(53-54(45)62-33-59-53)52-26-51(40-7-12-43(13-8-40)57-27-34-19-35(28-57)21-36(20-34)29-57)60-55(61-52)41-9-14-44(15-10-41)58-30-37-22-38(31-58)24-39(23-37)32-58/h3-18,25-26,33-39H,19-24,27-32H2,1-2H3. The zero-order valence-corrected chi connectivity index (χ0v) is 36.2. The Morgan fingerprint density at radius 1 is 0.468 bits per heavy atom. The number of benzene rings is 5. The van der Waals surface area contributed by atoms with Gasteiger partial charge in [-0.3, -0.25) is 0 Å². The number of hydrogen-bond acceptors (Lipinski definition) is 4. The van der Waals surface area contributed by atoms with Gasteiger partial charge in [-0.2, -0.15) is 0 Å². The Bertz CT molecular complexity index is 2770. The summed E-state index contributed by atoms with van der Waals surface area (Å²) in [6.45, 7) is 4.68. The number of aromatic nitrogens is 3. The number of fused-ring (bicyclic) bond motifs is 4. The molecule has 0 radical (unpaired) electrons. The number of nitrogens with zero attached hydrogens (tertiary/aromatic N) is 3. The minimum Gasteiger partial charge on any atom is -0.443 e. The van der Waals surface area contributed by atoms with Crippen LogP contribution in [-0.2, 0) is 16.2 Å². The van der Waals surface area contributed by atoms with E-state index in [1.54, 1.807) is 12.0 Å². The van der Waals surface area contributed by atoms with E-state index >= 15 is 0 Å². The first kappa shape index (κ1) is 36.2. The predicted octanol–water partition coefficient (Wildman–Crippen LogP) is 14.5. The molecule has 9 aliphatic carbocycles. The molecule has 8 fully saturated rings. The highest BCUT2D eigenvalue weighted by Gasteiger charge is 2.53. The average Bonchev–Trinajstić information content (AvgIpc) is 3.86. The normalized spacial score (nSPS) is 30.5. The van der Waals surface area contributed by atoms with Crippen LogP contribution in [0.25, 0.3) is 67.3 Å². The summed E-state index contributed by atoms with van der Waals surface area (Å²) in [7, 11) is 0. The fourth-order valence-electron chi connectivity index (χ4n) is 16.0. The van der Waals surface area contributed by atoms with E-state index in [2.05, 4.69) is 123 Å². The second-order valence-corrected chi connectivity index (χ2v) is 22.1. The van der Waals surface area contributed by atoms with Crippen molar-refractivity contribution in [1.29, 1.82) is 0 Å². The van der Waals surface area contributed by atoms with Gasteiger partial charge in [-0.25, -0.2) is 15.0 Å². The monoisotopic (exact) mass is 809 g/mol. The lowest BCUT2D eigenvalue weighted by Crippen LogP contribution is -2.48. The van der Waals surface area contributed by atoms with Crippen LogP contribution in [0.2, 0.25) is 0 Å². The molecular weight excluding hydrogens is 755 g/mol. The second kappa shape index (κ2) is 12.9. The third-order valence-corrected chi connectivity index (χ3v) is 18.0. The zero-order valence-electron chi connectivity index (χ0n) is 36.2. The predicted molar refractivity (Wildman–Crippen MR) is 249 cm³/mol. The Kier molecular flexibility index (Phi) is 7.51. The minimum atomic E-state index is -0.0863. The van der Waals surface area contributed by atoms with E-state index in [0.29, 0.717) is 10.8 Å². The van der Waals surface area contributed by atoms with Gasteiger partial charge >= 0.3 is 0 Å². The van der Waals surface area contributed by atoms with Crippen LogP contribution < -0.4 is 0 Å². The molecule has 0 aliphatic heterocycles. The maximum absolute atomic E-state index is 6.30. The summed E-state index contributed by atoms with van der Waals surface area (Å²) in [4.78, 5) is 15.7. The first-order valence-corrected chi connectivity index (χ1v) is 24.0. The van der Waals surface area contributed by atoms with Crippen LogP contribution in [0, 0.1) is 35.5 Å². The van der Waals surface area contributed by atoms with Crippen molar-refractivity contribution < 1.29 is 4.42 Å². The van der Waals surface area contributed by atoms with Crippen molar-refractivity contribution in [3.8, 4) is 56.2 Å². The largest absolute Gasteiger partial charge is 0.443 e. The van der Waals surface area contributed by atoms with E-state index in [9.17, 15) is 0 Å². The summed E-state index contributed by atoms with van der Waals surface area (Å²) in [5, 5.41) is 0. The summed E-state index contributed by atoms with van der Waals surface area (Å²) < 4.78 is 6.30. The summed E-state index contributed by atoms with van der Waals surface area (Å²) in [5.41, 5.74) is 17.9. The van der Waals surface area contributed by atoms with Gasteiger partial charge in [0, 0.05) is 27.7 Å². The third kappa shape index (κ3) is 5.34. The van der Waals surface area contributed by atoms with Gasteiger partial charge < -0.3 is 4.42 Å². The van der Waals surface area contributed by atoms with Crippen molar-refractivity contribution in [3.05, 3.63) is 138 Å². The summed E-state index contributed by atoms with van der Waals surface area (Å²) in [6, 6.07) is 41.4. The topological polar surface area (TPSA) is 51.8 Å². The molecule has 4 nitrogen and oxygen atoms in total. The summed E-state index contributed by atoms with van der Waals surface area (Å²) in [5.74, 6) is 6.30. The highest BCUT2D eigenvalue weighted by molar-refractivity contribution is 6.00. The fourth-order valence-corrected chi connectivity index (χ4v) is 16.0. The highest BCUT2D eigenvalue weighted by atomic mass is 16.3. The van der Waals surface area contributed by atoms with Crippen molar-refractivity contribution in [2.45, 2.75) is 107 Å². The molecule has 0 unspecified atom stereocenters. The Balaban J connectivity index is 0.862. The Hall–Kier alpha value is -5.35. The molecule has 0 atom stereocenters. The summed E-state index contributed by atoms with van der Waals surface area (Å²) in [6.07, 6.45) is 18.6. The summed E-state index contributed by atoms with van der Waals surface area (Å²) >= 11 is 0. The van der Waals surface area contributed by atoms with Crippen molar-refractivity contribution >= 4 is 11.1 Å². The molecule has 9 aliphatic rings. The van der Waals surface area contributed by atoms with E-state index in [-0.39, 0.29) is 5.41 Å². The Labute approximate surface area is 365 Å². The van der Waals surface area contributed by atoms with E-state index < -0.39 is 0 Å². The van der Waals surface area contributed by atoms with Crippen molar-refractivity contribution in [3.63, 3.8) is 0 Å². The molecule has 8 saturated carbocycles. The maximum atomic E-state index is 6.30. The quantitative estimate of drug-likeness (QED) is 0.168. The Morgan fingerprint density at radius 2 is 0.968 bits per heavy atom. The maximum Gasteiger partial charge on any atom is 0.182 e. The average molecular weight is 810 g/mol. The first-order valence-electron chi connectivity index (χ1n) is 24.0. The van der Waals surface area contributed by atoms with Gasteiger partial charge in [0.25, 0.3) is 0 Å². The van der Waals surface area contributed by atoms with E-state index in [1.807, 2.05) is 0 Å². The number of oxazole rings is 1. The van der Waals surface area contributed by atoms with Gasteiger partial charge in [0.2, 0.25) is 0 Å². The van der Waals surface area contributed by atoms with Crippen LogP contribution >= 0.6 is 0 Å². The van der Waals surface area contributed by atoms with Crippen LogP contribution in [0.3, 0.4) is 0 Å². The molecule has 0 saturated heterocycles. The van der Waals surface area contributed by atoms with Crippen LogP contribution in [0.15, 0.2) is 120 Å². The lowest BCUT2D eigenvalue weighted by molar-refractivity contribution is -0.00530. The van der Waals surface area contributed by atoms with Crippen molar-refractivity contribution in [2.75, 3.05) is 0 Å². The SMILES string of the molecule is CC1(C)c2ccccc2-c2ccc(-c3ccc(-c4cc(-c5ccc(C67CC8CC(CC(C8)C6)C7)cc5)nc(-c5ccc(C67CC8CC(CC(C8)C6)C7)cc5)n4)c4ncoc34)cc21. The molecule has 62 heavy (non-hydrogen) atoms. The van der Waals surface area contributed by atoms with Gasteiger partial charge in [0.1, 0.15) is 5.52 Å². The lowest BCUT2D eigenvalue weighted by Gasteiger charge is -2.57. The molecule has 7 aromatic rings. The van der Waals surface area contributed by atoms with Gasteiger partial charge in [-0.15, -0.1) is 0 Å². The molecule has 4 heteroatoms. The van der Waals surface area contributed by atoms with Gasteiger partial charge in [-0.05, 0) is 187 Å². The van der Waals surface area contributed by atoms with Crippen LogP contribution in [0.1, 0.15) is 113 Å². The fraction of sp³-hybridized carbons (Fsp3) is 0.397. The Morgan fingerprint density at radius 3 is 1.58 bits per heavy atom. The van der Waals surface area contributed by atoms with Crippen molar-refractivity contribution in [1.82, 2.24) is 15.0 Å². The third-order valence-electron chi connectivity index (χ3n) is 18.0. The molecule has 308 valence electrons. The van der Waals surface area contributed by atoms with Crippen molar-refractivity contribution in [2.24, 2.45) is 35.5 Å². The zero-order chi connectivity index (χ0) is 41.0. The molecule has 0 amide bonds. The molecule has 0 spiro atoms. The van der Waals surface area contributed by atoms with E-state index in [4.69, 9.17) is 19.4 Å². The van der Waals surface area contributed by atoms with Crippen LogP contribution in [-0.4, -0.2) is 15.0 Å². The van der Waals surface area contributed by atoms with Crippen LogP contribution in [0.5, 0.6) is 0 Å². The first-order chi connectivity index (χ1) is 30.3. The molecular formula is C58H55N3O. The van der Waals surface area contributed by atoms with E-state index in [1.165, 1.54) is 105 Å². The van der Waals surface area contributed by atoms with Crippen LogP contribution in [0.4, 0.5) is 0 Å².